The standard InChI is InChI=1S/C13H10F6N4/c1-11(2,3)23-5-6(4-20)7-8(12(14,15)16)21-10(13(17,18)19)22-9(7)23/h5H,1-3H3. The van der Waals surface area contributed by atoms with Gasteiger partial charge >= 0.3 is 12.4 Å². The Morgan fingerprint density at radius 2 is 1.57 bits per heavy atom. The van der Waals surface area contributed by atoms with E-state index in [0.29, 0.717) is 0 Å². The van der Waals surface area contributed by atoms with Crippen LogP contribution in [-0.2, 0) is 17.9 Å². The number of nitriles is 1. The van der Waals surface area contributed by atoms with Gasteiger partial charge in [-0.05, 0) is 20.8 Å². The lowest BCUT2D eigenvalue weighted by Crippen LogP contribution is -2.23. The summed E-state index contributed by atoms with van der Waals surface area (Å²) in [6.07, 6.45) is -9.25. The number of hydrogen-bond donors (Lipinski definition) is 0. The highest BCUT2D eigenvalue weighted by Crippen LogP contribution is 2.39. The van der Waals surface area contributed by atoms with Gasteiger partial charge in [0.1, 0.15) is 11.7 Å². The van der Waals surface area contributed by atoms with Crippen molar-refractivity contribution in [3.63, 3.8) is 0 Å². The summed E-state index contributed by atoms with van der Waals surface area (Å²) in [4.78, 5) is 5.85. The van der Waals surface area contributed by atoms with Crippen molar-refractivity contribution in [1.29, 1.82) is 5.26 Å². The number of halogens is 6. The van der Waals surface area contributed by atoms with Crippen LogP contribution in [0.2, 0.25) is 0 Å². The summed E-state index contributed by atoms with van der Waals surface area (Å²) in [5.74, 6) is -1.90. The highest BCUT2D eigenvalue weighted by atomic mass is 19.4. The van der Waals surface area contributed by atoms with E-state index >= 15 is 0 Å². The molecule has 0 bridgehead atoms. The van der Waals surface area contributed by atoms with E-state index in [-0.39, 0.29) is 0 Å². The normalized spacial score (nSPS) is 13.4. The molecular formula is C13H10F6N4. The Morgan fingerprint density at radius 1 is 1.00 bits per heavy atom. The van der Waals surface area contributed by atoms with Crippen molar-refractivity contribution >= 4 is 11.0 Å². The fourth-order valence-corrected chi connectivity index (χ4v) is 2.05. The zero-order valence-corrected chi connectivity index (χ0v) is 12.1. The van der Waals surface area contributed by atoms with Gasteiger partial charge in [0.25, 0.3) is 0 Å². The molecule has 0 fully saturated rings. The van der Waals surface area contributed by atoms with E-state index in [2.05, 4.69) is 9.97 Å². The van der Waals surface area contributed by atoms with Crippen LogP contribution in [0.3, 0.4) is 0 Å². The third-order valence-electron chi connectivity index (χ3n) is 3.01. The van der Waals surface area contributed by atoms with E-state index in [1.807, 2.05) is 0 Å². The number of fused-ring (bicyclic) bond motifs is 1. The number of hydrogen-bond acceptors (Lipinski definition) is 3. The van der Waals surface area contributed by atoms with Crippen molar-refractivity contribution in [3.8, 4) is 6.07 Å². The van der Waals surface area contributed by atoms with Gasteiger partial charge in [-0.1, -0.05) is 0 Å². The Bertz CT molecular complexity index is 801. The number of rotatable bonds is 0. The molecule has 0 amide bonds. The molecule has 4 nitrogen and oxygen atoms in total. The molecule has 2 aromatic rings. The molecule has 124 valence electrons. The lowest BCUT2D eigenvalue weighted by atomic mass is 10.1. The molecule has 0 aromatic carbocycles. The molecule has 0 atom stereocenters. The minimum atomic E-state index is -5.16. The summed E-state index contributed by atoms with van der Waals surface area (Å²) < 4.78 is 79.0. The molecule has 0 spiro atoms. The van der Waals surface area contributed by atoms with Crippen molar-refractivity contribution in [2.75, 3.05) is 0 Å². The molecule has 0 aliphatic heterocycles. The Hall–Kier alpha value is -2.31. The lowest BCUT2D eigenvalue weighted by Gasteiger charge is -2.22. The van der Waals surface area contributed by atoms with Crippen molar-refractivity contribution < 1.29 is 26.3 Å². The number of nitrogens with zero attached hydrogens (tertiary/aromatic N) is 4. The Balaban J connectivity index is 3.04. The van der Waals surface area contributed by atoms with Gasteiger partial charge in [0.05, 0.1) is 10.9 Å². The molecule has 10 heteroatoms. The molecule has 2 aromatic heterocycles. The molecule has 2 heterocycles. The van der Waals surface area contributed by atoms with Gasteiger partial charge in [0, 0.05) is 11.7 Å². The Morgan fingerprint density at radius 3 is 1.96 bits per heavy atom. The van der Waals surface area contributed by atoms with Crippen LogP contribution in [0.5, 0.6) is 0 Å². The molecule has 0 aliphatic rings. The monoisotopic (exact) mass is 336 g/mol. The molecular weight excluding hydrogens is 326 g/mol. The molecule has 0 saturated carbocycles. The predicted molar refractivity (Wildman–Crippen MR) is 67.2 cm³/mol. The molecule has 0 radical (unpaired) electrons. The summed E-state index contributed by atoms with van der Waals surface area (Å²) in [5, 5.41) is 8.29. The second-order valence-electron chi connectivity index (χ2n) is 5.79. The van der Waals surface area contributed by atoms with Crippen LogP contribution in [0.15, 0.2) is 6.20 Å². The van der Waals surface area contributed by atoms with Gasteiger partial charge in [-0.15, -0.1) is 0 Å². The minimum Gasteiger partial charge on any atom is -0.326 e. The van der Waals surface area contributed by atoms with Gasteiger partial charge in [0.2, 0.25) is 5.82 Å². The van der Waals surface area contributed by atoms with Gasteiger partial charge in [-0.25, -0.2) is 9.97 Å². The van der Waals surface area contributed by atoms with E-state index in [1.54, 1.807) is 26.8 Å². The molecule has 0 unspecified atom stereocenters. The van der Waals surface area contributed by atoms with E-state index in [4.69, 9.17) is 5.26 Å². The predicted octanol–water partition coefficient (Wildman–Crippen LogP) is 4.10. The van der Waals surface area contributed by atoms with Gasteiger partial charge in [0.15, 0.2) is 5.69 Å². The fourth-order valence-electron chi connectivity index (χ4n) is 2.05. The largest absolute Gasteiger partial charge is 0.451 e. The first-order valence-electron chi connectivity index (χ1n) is 6.25. The van der Waals surface area contributed by atoms with Crippen LogP contribution in [0, 0.1) is 11.3 Å². The van der Waals surface area contributed by atoms with Gasteiger partial charge in [-0.3, -0.25) is 0 Å². The second kappa shape index (κ2) is 4.84. The molecule has 0 aliphatic carbocycles. The molecule has 0 N–H and O–H groups in total. The number of alkyl halides is 6. The van der Waals surface area contributed by atoms with E-state index in [9.17, 15) is 26.3 Å². The molecule has 2 rings (SSSR count). The first-order chi connectivity index (χ1) is 10.3. The van der Waals surface area contributed by atoms with Crippen LogP contribution in [0.25, 0.3) is 11.0 Å². The average molecular weight is 336 g/mol. The SMILES string of the molecule is CC(C)(C)n1cc(C#N)c2c(C(F)(F)F)nc(C(F)(F)F)nc21. The molecule has 0 saturated heterocycles. The quantitative estimate of drug-likeness (QED) is 0.681. The fraction of sp³-hybridized carbons (Fsp3) is 0.462. The maximum absolute atomic E-state index is 13.1. The summed E-state index contributed by atoms with van der Waals surface area (Å²) in [5.41, 5.74) is -3.66. The van der Waals surface area contributed by atoms with Crippen LogP contribution >= 0.6 is 0 Å². The van der Waals surface area contributed by atoms with Crippen molar-refractivity contribution in [2.24, 2.45) is 0 Å². The Labute approximate surface area is 126 Å². The van der Waals surface area contributed by atoms with Crippen LogP contribution < -0.4 is 0 Å². The zero-order chi connectivity index (χ0) is 17.8. The summed E-state index contributed by atoms with van der Waals surface area (Å²) >= 11 is 0. The van der Waals surface area contributed by atoms with Gasteiger partial charge in [-0.2, -0.15) is 31.6 Å². The topological polar surface area (TPSA) is 54.5 Å². The van der Waals surface area contributed by atoms with E-state index in [0.717, 1.165) is 10.8 Å². The second-order valence-corrected chi connectivity index (χ2v) is 5.79. The van der Waals surface area contributed by atoms with Crippen molar-refractivity contribution in [1.82, 2.24) is 14.5 Å². The van der Waals surface area contributed by atoms with Gasteiger partial charge < -0.3 is 4.57 Å². The first kappa shape index (κ1) is 17.1. The minimum absolute atomic E-state index is 0.434. The Kier molecular flexibility index (Phi) is 3.59. The first-order valence-corrected chi connectivity index (χ1v) is 6.25. The summed E-state index contributed by atoms with van der Waals surface area (Å²) in [6, 6.07) is 1.55. The van der Waals surface area contributed by atoms with Crippen molar-refractivity contribution in [3.05, 3.63) is 23.3 Å². The van der Waals surface area contributed by atoms with Crippen LogP contribution in [0.1, 0.15) is 37.9 Å². The van der Waals surface area contributed by atoms with Crippen LogP contribution in [-0.4, -0.2) is 14.5 Å². The van der Waals surface area contributed by atoms with E-state index < -0.39 is 46.0 Å². The zero-order valence-electron chi connectivity index (χ0n) is 12.1. The number of aromatic nitrogens is 3. The highest BCUT2D eigenvalue weighted by molar-refractivity contribution is 5.86. The van der Waals surface area contributed by atoms with Crippen LogP contribution in [0.4, 0.5) is 26.3 Å². The van der Waals surface area contributed by atoms with E-state index in [1.165, 1.54) is 0 Å². The third kappa shape index (κ3) is 2.95. The summed E-state index contributed by atoms with van der Waals surface area (Å²) in [6.45, 7) is 4.70. The third-order valence-corrected chi connectivity index (χ3v) is 3.01. The maximum atomic E-state index is 13.1. The molecule has 23 heavy (non-hydrogen) atoms. The average Bonchev–Trinajstić information content (AvgIpc) is 2.73. The lowest BCUT2D eigenvalue weighted by molar-refractivity contribution is -0.151. The highest BCUT2D eigenvalue weighted by Gasteiger charge is 2.43. The van der Waals surface area contributed by atoms with Crippen molar-refractivity contribution in [2.45, 2.75) is 38.7 Å². The maximum Gasteiger partial charge on any atom is 0.451 e. The summed E-state index contributed by atoms with van der Waals surface area (Å²) in [7, 11) is 0. The smallest absolute Gasteiger partial charge is 0.326 e.